The summed E-state index contributed by atoms with van der Waals surface area (Å²) in [6.45, 7) is 7.17. The molecule has 4 atom stereocenters. The summed E-state index contributed by atoms with van der Waals surface area (Å²) < 4.78 is 0. The number of amides is 3. The second kappa shape index (κ2) is 6.51. The molecule has 4 aliphatic rings. The van der Waals surface area contributed by atoms with Crippen LogP contribution in [-0.4, -0.2) is 41.8 Å². The van der Waals surface area contributed by atoms with E-state index in [1.807, 2.05) is 63.2 Å². The van der Waals surface area contributed by atoms with E-state index in [9.17, 15) is 14.4 Å². The summed E-state index contributed by atoms with van der Waals surface area (Å²) in [6.07, 6.45) is 1.77. The van der Waals surface area contributed by atoms with Crippen LogP contribution in [0.4, 0.5) is 11.4 Å². The van der Waals surface area contributed by atoms with E-state index in [0.717, 1.165) is 41.8 Å². The van der Waals surface area contributed by atoms with E-state index in [1.165, 1.54) is 4.90 Å². The van der Waals surface area contributed by atoms with Crippen LogP contribution in [0.3, 0.4) is 0 Å². The number of hydrogen-bond acceptors (Lipinski definition) is 4. The maximum absolute atomic E-state index is 14.1. The van der Waals surface area contributed by atoms with E-state index in [-0.39, 0.29) is 23.8 Å². The van der Waals surface area contributed by atoms with Crippen molar-refractivity contribution in [2.45, 2.75) is 45.2 Å². The zero-order valence-corrected chi connectivity index (χ0v) is 18.7. The zero-order valence-electron chi connectivity index (χ0n) is 18.7. The molecule has 0 aromatic heterocycles. The van der Waals surface area contributed by atoms with Gasteiger partial charge in [-0.05, 0) is 57.9 Å². The number of fused-ring (bicyclic) bond motifs is 7. The number of carbonyl (C=O) groups excluding carboxylic acids is 3. The quantitative estimate of drug-likeness (QED) is 0.688. The van der Waals surface area contributed by atoms with Crippen molar-refractivity contribution in [1.29, 1.82) is 0 Å². The molecule has 1 spiro atoms. The van der Waals surface area contributed by atoms with Crippen molar-refractivity contribution < 1.29 is 14.4 Å². The number of carbonyl (C=O) groups is 3. The Bertz CT molecular complexity index is 1190. The monoisotopic (exact) mass is 429 g/mol. The molecule has 0 saturated carbocycles. The first-order valence-corrected chi connectivity index (χ1v) is 11.6. The van der Waals surface area contributed by atoms with Gasteiger partial charge >= 0.3 is 0 Å². The van der Waals surface area contributed by atoms with Crippen LogP contribution in [0, 0.1) is 25.7 Å². The third kappa shape index (κ3) is 2.11. The van der Waals surface area contributed by atoms with Gasteiger partial charge in [0.15, 0.2) is 0 Å². The van der Waals surface area contributed by atoms with Gasteiger partial charge in [-0.2, -0.15) is 0 Å². The van der Waals surface area contributed by atoms with Crippen molar-refractivity contribution in [3.8, 4) is 0 Å². The number of imide groups is 1. The number of hydrogen-bond donors (Lipinski definition) is 0. The molecule has 3 saturated heterocycles. The summed E-state index contributed by atoms with van der Waals surface area (Å²) in [4.78, 5) is 47.4. The molecule has 6 nitrogen and oxygen atoms in total. The minimum atomic E-state index is -1.08. The third-order valence-electron chi connectivity index (χ3n) is 8.05. The molecule has 164 valence electrons. The minimum absolute atomic E-state index is 0.0516. The van der Waals surface area contributed by atoms with Crippen molar-refractivity contribution in [2.24, 2.45) is 11.8 Å². The Morgan fingerprint density at radius 2 is 1.78 bits per heavy atom. The standard InChI is InChI=1S/C26H27N3O3/c1-4-27-19-9-6-5-8-17(19)26(25(27)32)22-21(20-10-7-13-28(20)26)23(30)29(24(22)31)18-12-11-15(2)14-16(18)3/h5-6,8-9,11-12,14,20-22H,4,7,10,13H2,1-3H3. The van der Waals surface area contributed by atoms with Gasteiger partial charge in [-0.1, -0.05) is 35.9 Å². The number of anilines is 2. The van der Waals surface area contributed by atoms with Gasteiger partial charge in [0.25, 0.3) is 5.91 Å². The topological polar surface area (TPSA) is 60.9 Å². The predicted molar refractivity (Wildman–Crippen MR) is 121 cm³/mol. The Morgan fingerprint density at radius 1 is 1.00 bits per heavy atom. The van der Waals surface area contributed by atoms with Crippen molar-refractivity contribution in [3.05, 3.63) is 59.2 Å². The average molecular weight is 430 g/mol. The molecule has 2 aromatic carbocycles. The number of nitrogens with zero attached hydrogens (tertiary/aromatic N) is 3. The molecule has 0 aliphatic carbocycles. The normalized spacial score (nSPS) is 31.1. The van der Waals surface area contributed by atoms with E-state index < -0.39 is 17.4 Å². The third-order valence-corrected chi connectivity index (χ3v) is 8.05. The SMILES string of the molecule is CCN1C(=O)C2(c3ccccc31)C1C(=O)N(c3ccc(C)cc3C)C(=O)C1C1CCCN12. The summed E-state index contributed by atoms with van der Waals surface area (Å²) in [6, 6.07) is 13.5. The maximum atomic E-state index is 14.1. The van der Waals surface area contributed by atoms with Crippen LogP contribution < -0.4 is 9.80 Å². The highest BCUT2D eigenvalue weighted by atomic mass is 16.2. The summed E-state index contributed by atoms with van der Waals surface area (Å²) in [7, 11) is 0. The van der Waals surface area contributed by atoms with Gasteiger partial charge in [0, 0.05) is 23.8 Å². The second-order valence-electron chi connectivity index (χ2n) is 9.54. The lowest BCUT2D eigenvalue weighted by atomic mass is 9.75. The first kappa shape index (κ1) is 19.7. The Morgan fingerprint density at radius 3 is 2.53 bits per heavy atom. The number of para-hydroxylation sites is 1. The molecule has 32 heavy (non-hydrogen) atoms. The van der Waals surface area contributed by atoms with E-state index in [0.29, 0.717) is 12.2 Å². The fourth-order valence-electron chi connectivity index (χ4n) is 6.95. The molecule has 2 aromatic rings. The van der Waals surface area contributed by atoms with Gasteiger partial charge in [-0.15, -0.1) is 0 Å². The van der Waals surface area contributed by atoms with Crippen LogP contribution >= 0.6 is 0 Å². The molecule has 3 amide bonds. The van der Waals surface area contributed by atoms with Crippen molar-refractivity contribution >= 4 is 29.1 Å². The van der Waals surface area contributed by atoms with Crippen LogP contribution in [0.15, 0.2) is 42.5 Å². The molecule has 3 fully saturated rings. The Balaban J connectivity index is 1.57. The van der Waals surface area contributed by atoms with E-state index in [2.05, 4.69) is 4.90 Å². The van der Waals surface area contributed by atoms with Crippen LogP contribution in [0.2, 0.25) is 0 Å². The highest BCUT2D eigenvalue weighted by Gasteiger charge is 2.75. The van der Waals surface area contributed by atoms with Crippen LogP contribution in [0.5, 0.6) is 0 Å². The fourth-order valence-corrected chi connectivity index (χ4v) is 6.95. The molecule has 6 rings (SSSR count). The number of likely N-dealkylation sites (N-methyl/N-ethyl adjacent to an activating group) is 1. The fraction of sp³-hybridized carbons (Fsp3) is 0.423. The summed E-state index contributed by atoms with van der Waals surface area (Å²) in [5.74, 6) is -1.61. The number of benzene rings is 2. The molecule has 4 unspecified atom stereocenters. The first-order valence-electron chi connectivity index (χ1n) is 11.6. The summed E-state index contributed by atoms with van der Waals surface area (Å²) in [5, 5.41) is 0. The van der Waals surface area contributed by atoms with Crippen molar-refractivity contribution in [3.63, 3.8) is 0 Å². The Kier molecular flexibility index (Phi) is 4.01. The molecule has 0 bridgehead atoms. The van der Waals surface area contributed by atoms with E-state index in [4.69, 9.17) is 0 Å². The van der Waals surface area contributed by atoms with Gasteiger partial charge < -0.3 is 4.90 Å². The zero-order chi connectivity index (χ0) is 22.4. The lowest BCUT2D eigenvalue weighted by Gasteiger charge is -2.37. The van der Waals surface area contributed by atoms with Gasteiger partial charge in [0.1, 0.15) is 5.54 Å². The smallest absolute Gasteiger partial charge is 0.253 e. The minimum Gasteiger partial charge on any atom is -0.310 e. The Hall–Kier alpha value is -2.99. The molecule has 4 aliphatic heterocycles. The molecule has 0 radical (unpaired) electrons. The van der Waals surface area contributed by atoms with Crippen LogP contribution in [-0.2, 0) is 19.9 Å². The lowest BCUT2D eigenvalue weighted by Crippen LogP contribution is -2.56. The lowest BCUT2D eigenvalue weighted by molar-refractivity contribution is -0.137. The molecule has 6 heteroatoms. The van der Waals surface area contributed by atoms with E-state index in [1.54, 1.807) is 4.90 Å². The Labute approximate surface area is 187 Å². The van der Waals surface area contributed by atoms with Crippen LogP contribution in [0.25, 0.3) is 0 Å². The van der Waals surface area contributed by atoms with Gasteiger partial charge in [0.2, 0.25) is 11.8 Å². The van der Waals surface area contributed by atoms with Crippen molar-refractivity contribution in [2.75, 3.05) is 22.9 Å². The molecule has 4 heterocycles. The predicted octanol–water partition coefficient (Wildman–Crippen LogP) is 3.15. The van der Waals surface area contributed by atoms with E-state index >= 15 is 0 Å². The van der Waals surface area contributed by atoms with Gasteiger partial charge in [-0.25, -0.2) is 4.90 Å². The number of rotatable bonds is 2. The molecule has 0 N–H and O–H groups in total. The van der Waals surface area contributed by atoms with Gasteiger partial charge in [-0.3, -0.25) is 19.3 Å². The van der Waals surface area contributed by atoms with Crippen molar-refractivity contribution in [1.82, 2.24) is 4.90 Å². The molecular formula is C26H27N3O3. The summed E-state index contributed by atoms with van der Waals surface area (Å²) >= 11 is 0. The highest BCUT2D eigenvalue weighted by Crippen LogP contribution is 2.61. The highest BCUT2D eigenvalue weighted by molar-refractivity contribution is 6.26. The van der Waals surface area contributed by atoms with Crippen LogP contribution in [0.1, 0.15) is 36.5 Å². The largest absolute Gasteiger partial charge is 0.310 e. The van der Waals surface area contributed by atoms with Gasteiger partial charge in [0.05, 0.1) is 17.5 Å². The number of aryl methyl sites for hydroxylation is 2. The summed E-state index contributed by atoms with van der Waals surface area (Å²) in [5.41, 5.74) is 3.30. The maximum Gasteiger partial charge on any atom is 0.253 e. The average Bonchev–Trinajstić information content (AvgIpc) is 3.47. The molecular weight excluding hydrogens is 402 g/mol. The first-order chi connectivity index (χ1) is 15.4. The second-order valence-corrected chi connectivity index (χ2v) is 9.54.